The van der Waals surface area contributed by atoms with E-state index in [2.05, 4.69) is 0 Å². The Balaban J connectivity index is 2.09. The quantitative estimate of drug-likeness (QED) is 0.790. The van der Waals surface area contributed by atoms with E-state index in [-0.39, 0.29) is 5.60 Å². The summed E-state index contributed by atoms with van der Waals surface area (Å²) in [6, 6.07) is 5.38. The molecule has 1 fully saturated rings. The van der Waals surface area contributed by atoms with Gasteiger partial charge in [0.15, 0.2) is 0 Å². The Morgan fingerprint density at radius 3 is 2.83 bits per heavy atom. The van der Waals surface area contributed by atoms with Crippen LogP contribution in [-0.4, -0.2) is 16.7 Å². The summed E-state index contributed by atoms with van der Waals surface area (Å²) in [5.74, 6) is -0.176. The Morgan fingerprint density at radius 2 is 2.22 bits per heavy atom. The molecule has 94 valence electrons. The summed E-state index contributed by atoms with van der Waals surface area (Å²) in [5, 5.41) is 9.57. The van der Waals surface area contributed by atoms with Crippen LogP contribution in [0.5, 0.6) is 5.75 Å². The third-order valence-electron chi connectivity index (χ3n) is 3.69. The van der Waals surface area contributed by atoms with E-state index >= 15 is 0 Å². The molecule has 3 rings (SSSR count). The van der Waals surface area contributed by atoms with Crippen LogP contribution in [-0.2, 0) is 4.79 Å². The summed E-state index contributed by atoms with van der Waals surface area (Å²) in [5.41, 5.74) is 1.44. The molecule has 0 atom stereocenters. The number of halogens is 1. The predicted molar refractivity (Wildman–Crippen MR) is 68.9 cm³/mol. The molecule has 1 aliphatic carbocycles. The van der Waals surface area contributed by atoms with Crippen molar-refractivity contribution in [3.63, 3.8) is 0 Å². The minimum absolute atomic E-state index is 0.178. The maximum Gasteiger partial charge on any atom is 0.328 e. The third kappa shape index (κ3) is 1.89. The molecule has 1 aromatic rings. The molecule has 0 radical (unpaired) electrons. The van der Waals surface area contributed by atoms with Gasteiger partial charge in [0.25, 0.3) is 0 Å². The maximum absolute atomic E-state index is 10.9. The van der Waals surface area contributed by atoms with Crippen molar-refractivity contribution < 1.29 is 14.6 Å². The summed E-state index contributed by atoms with van der Waals surface area (Å²) < 4.78 is 6.03. The van der Waals surface area contributed by atoms with Crippen LogP contribution in [0.15, 0.2) is 24.3 Å². The van der Waals surface area contributed by atoms with Crippen LogP contribution in [0.3, 0.4) is 0 Å². The minimum Gasteiger partial charge on any atom is -0.486 e. The summed E-state index contributed by atoms with van der Waals surface area (Å²) >= 11 is 5.97. The van der Waals surface area contributed by atoms with Gasteiger partial charge < -0.3 is 9.84 Å². The number of hydrogen-bond acceptors (Lipinski definition) is 2. The van der Waals surface area contributed by atoms with Crippen molar-refractivity contribution in [2.45, 2.75) is 31.3 Å². The van der Waals surface area contributed by atoms with E-state index in [0.29, 0.717) is 11.4 Å². The topological polar surface area (TPSA) is 46.5 Å². The van der Waals surface area contributed by atoms with E-state index in [9.17, 15) is 4.79 Å². The second-order valence-corrected chi connectivity index (χ2v) is 5.40. The molecule has 4 heteroatoms. The van der Waals surface area contributed by atoms with Crippen LogP contribution < -0.4 is 4.74 Å². The average molecular weight is 265 g/mol. The van der Waals surface area contributed by atoms with Crippen LogP contribution in [0.25, 0.3) is 5.57 Å². The molecule has 0 amide bonds. The van der Waals surface area contributed by atoms with Crippen LogP contribution in [0, 0.1) is 0 Å². The molecule has 0 unspecified atom stereocenters. The van der Waals surface area contributed by atoms with Crippen molar-refractivity contribution in [2.75, 3.05) is 0 Å². The molecule has 0 saturated heterocycles. The van der Waals surface area contributed by atoms with Gasteiger partial charge >= 0.3 is 5.97 Å². The molecular formula is C14H13ClO3. The molecule has 1 spiro atoms. The molecule has 0 bridgehead atoms. The molecule has 1 saturated carbocycles. The molecule has 1 N–H and O–H groups in total. The zero-order valence-corrected chi connectivity index (χ0v) is 10.5. The molecule has 0 aromatic heterocycles. The highest BCUT2D eigenvalue weighted by atomic mass is 35.5. The Bertz CT molecular complexity index is 544. The fraction of sp³-hybridized carbons (Fsp3) is 0.357. The number of carbonyl (C=O) groups is 1. The van der Waals surface area contributed by atoms with Gasteiger partial charge in [-0.25, -0.2) is 4.79 Å². The monoisotopic (exact) mass is 264 g/mol. The van der Waals surface area contributed by atoms with E-state index in [1.54, 1.807) is 12.1 Å². The summed E-state index contributed by atoms with van der Waals surface area (Å²) in [6.07, 6.45) is 5.06. The first kappa shape index (κ1) is 11.6. The number of aliphatic carboxylic acids is 1. The molecule has 1 heterocycles. The first-order valence-corrected chi connectivity index (χ1v) is 6.38. The fourth-order valence-corrected chi connectivity index (χ4v) is 2.85. The first-order chi connectivity index (χ1) is 8.58. The van der Waals surface area contributed by atoms with Crippen molar-refractivity contribution >= 4 is 23.1 Å². The van der Waals surface area contributed by atoms with E-state index in [1.165, 1.54) is 6.08 Å². The van der Waals surface area contributed by atoms with Gasteiger partial charge in [0.2, 0.25) is 0 Å². The smallest absolute Gasteiger partial charge is 0.328 e. The van der Waals surface area contributed by atoms with Crippen LogP contribution in [0.4, 0.5) is 0 Å². The maximum atomic E-state index is 10.9. The zero-order chi connectivity index (χ0) is 12.8. The number of hydrogen-bond donors (Lipinski definition) is 1. The standard InChI is InChI=1S/C14H13ClO3/c15-10-2-3-12-11(7-10)9(6-13(16)17)8-14(18-12)4-1-5-14/h2-3,6-7H,1,4-5,8H2,(H,16,17). The number of carboxylic acids is 1. The molecule has 3 nitrogen and oxygen atoms in total. The second kappa shape index (κ2) is 4.02. The van der Waals surface area contributed by atoms with E-state index < -0.39 is 5.97 Å². The lowest BCUT2D eigenvalue weighted by atomic mass is 9.73. The summed E-state index contributed by atoms with van der Waals surface area (Å²) in [4.78, 5) is 10.9. The van der Waals surface area contributed by atoms with Gasteiger partial charge in [-0.2, -0.15) is 0 Å². The zero-order valence-electron chi connectivity index (χ0n) is 9.78. The van der Waals surface area contributed by atoms with E-state index in [0.717, 1.165) is 36.1 Å². The van der Waals surface area contributed by atoms with Gasteiger partial charge in [0.1, 0.15) is 11.4 Å². The molecule has 18 heavy (non-hydrogen) atoms. The van der Waals surface area contributed by atoms with Crippen molar-refractivity contribution in [2.24, 2.45) is 0 Å². The predicted octanol–water partition coefficient (Wildman–Crippen LogP) is 3.51. The van der Waals surface area contributed by atoms with Crippen molar-refractivity contribution in [1.82, 2.24) is 0 Å². The number of carboxylic acid groups (broad SMARTS) is 1. The molecular weight excluding hydrogens is 252 g/mol. The van der Waals surface area contributed by atoms with Crippen molar-refractivity contribution in [3.8, 4) is 5.75 Å². The normalized spacial score (nSPS) is 22.2. The van der Waals surface area contributed by atoms with E-state index in [1.807, 2.05) is 6.07 Å². The highest BCUT2D eigenvalue weighted by Gasteiger charge is 2.43. The van der Waals surface area contributed by atoms with Crippen LogP contribution in [0.2, 0.25) is 5.02 Å². The fourth-order valence-electron chi connectivity index (χ4n) is 2.68. The number of benzene rings is 1. The highest BCUT2D eigenvalue weighted by molar-refractivity contribution is 6.30. The second-order valence-electron chi connectivity index (χ2n) is 4.96. The van der Waals surface area contributed by atoms with E-state index in [4.69, 9.17) is 21.4 Å². The Labute approximate surface area is 110 Å². The van der Waals surface area contributed by atoms with Crippen molar-refractivity contribution in [1.29, 1.82) is 0 Å². The summed E-state index contributed by atoms with van der Waals surface area (Å²) in [6.45, 7) is 0. The van der Waals surface area contributed by atoms with Gasteiger partial charge in [0, 0.05) is 23.1 Å². The van der Waals surface area contributed by atoms with Gasteiger partial charge in [-0.15, -0.1) is 0 Å². The molecule has 1 aliphatic heterocycles. The average Bonchev–Trinajstić information content (AvgIpc) is 2.27. The number of rotatable bonds is 1. The van der Waals surface area contributed by atoms with Gasteiger partial charge in [0.05, 0.1) is 0 Å². The van der Waals surface area contributed by atoms with Gasteiger partial charge in [-0.3, -0.25) is 0 Å². The molecule has 2 aliphatic rings. The number of fused-ring (bicyclic) bond motifs is 1. The first-order valence-electron chi connectivity index (χ1n) is 6.00. The SMILES string of the molecule is O=C(O)C=C1CC2(CCC2)Oc2ccc(Cl)cc21. The largest absolute Gasteiger partial charge is 0.486 e. The Morgan fingerprint density at radius 1 is 1.44 bits per heavy atom. The van der Waals surface area contributed by atoms with Crippen LogP contribution >= 0.6 is 11.6 Å². The van der Waals surface area contributed by atoms with Gasteiger partial charge in [-0.05, 0) is 43.0 Å². The minimum atomic E-state index is -0.924. The lowest BCUT2D eigenvalue weighted by Crippen LogP contribution is -2.45. The highest BCUT2D eigenvalue weighted by Crippen LogP contribution is 2.49. The molecule has 1 aromatic carbocycles. The lowest BCUT2D eigenvalue weighted by Gasteiger charge is -2.46. The van der Waals surface area contributed by atoms with Gasteiger partial charge in [-0.1, -0.05) is 11.6 Å². The Hall–Kier alpha value is -1.48. The Kier molecular flexibility index (Phi) is 2.59. The lowest BCUT2D eigenvalue weighted by molar-refractivity contribution is -0.131. The van der Waals surface area contributed by atoms with Crippen molar-refractivity contribution in [3.05, 3.63) is 34.9 Å². The third-order valence-corrected chi connectivity index (χ3v) is 3.92. The van der Waals surface area contributed by atoms with Crippen LogP contribution in [0.1, 0.15) is 31.2 Å². The number of ether oxygens (including phenoxy) is 1. The summed E-state index contributed by atoms with van der Waals surface area (Å²) in [7, 11) is 0.